The highest BCUT2D eigenvalue weighted by atomic mass is 79.9. The predicted octanol–water partition coefficient (Wildman–Crippen LogP) is 1.59. The molecule has 0 unspecified atom stereocenters. The summed E-state index contributed by atoms with van der Waals surface area (Å²) in [6.45, 7) is 3.32. The van der Waals surface area contributed by atoms with Crippen molar-refractivity contribution in [2.75, 3.05) is 18.0 Å². The highest BCUT2D eigenvalue weighted by Gasteiger charge is 2.38. The Balaban J connectivity index is 1.91. The summed E-state index contributed by atoms with van der Waals surface area (Å²) in [7, 11) is 1.87. The van der Waals surface area contributed by atoms with Crippen LogP contribution in [0, 0.1) is 12.8 Å². The summed E-state index contributed by atoms with van der Waals surface area (Å²) in [5.41, 5.74) is 7.73. The molecule has 2 aromatic rings. The summed E-state index contributed by atoms with van der Waals surface area (Å²) in [5, 5.41) is 4.21. The summed E-state index contributed by atoms with van der Waals surface area (Å²) in [5.74, 6) is 0.456. The molecule has 1 aliphatic heterocycles. The van der Waals surface area contributed by atoms with Gasteiger partial charge in [-0.3, -0.25) is 9.48 Å². The van der Waals surface area contributed by atoms with Crippen LogP contribution in [0.3, 0.4) is 0 Å². The number of primary amides is 1. The maximum atomic E-state index is 11.8. The van der Waals surface area contributed by atoms with Gasteiger partial charge in [0.05, 0.1) is 12.1 Å². The molecule has 0 spiro atoms. The number of anilines is 1. The number of amides is 1. The largest absolute Gasteiger partial charge is 0.369 e. The monoisotopic (exact) mass is 363 g/mol. The molecule has 0 saturated carbocycles. The Morgan fingerprint density at radius 3 is 2.77 bits per heavy atom. The SMILES string of the molecule is Cc1cc(Br)cnc1N1C[C@H](C(N)=O)[C@@H](c2cnn(C)c2)C1. The van der Waals surface area contributed by atoms with E-state index in [9.17, 15) is 4.79 Å². The number of hydrogen-bond donors (Lipinski definition) is 1. The molecule has 0 aromatic carbocycles. The fourth-order valence-electron chi connectivity index (χ4n) is 3.10. The Bertz CT molecular complexity index is 714. The minimum absolute atomic E-state index is 0.0519. The topological polar surface area (TPSA) is 77.0 Å². The molecular weight excluding hydrogens is 346 g/mol. The molecular formula is C15H18BrN5O. The van der Waals surface area contributed by atoms with Gasteiger partial charge in [0.1, 0.15) is 5.82 Å². The van der Waals surface area contributed by atoms with Crippen molar-refractivity contribution in [3.63, 3.8) is 0 Å². The van der Waals surface area contributed by atoms with E-state index in [0.29, 0.717) is 6.54 Å². The van der Waals surface area contributed by atoms with Crippen LogP contribution in [-0.2, 0) is 11.8 Å². The number of halogens is 1. The number of carbonyl (C=O) groups is 1. The van der Waals surface area contributed by atoms with E-state index in [1.165, 1.54) is 0 Å². The van der Waals surface area contributed by atoms with Crippen LogP contribution < -0.4 is 10.6 Å². The molecule has 1 amide bonds. The fraction of sp³-hybridized carbons (Fsp3) is 0.400. The first kappa shape index (κ1) is 15.0. The van der Waals surface area contributed by atoms with Gasteiger partial charge in [0.2, 0.25) is 5.91 Å². The third-order valence-corrected chi connectivity index (χ3v) is 4.59. The van der Waals surface area contributed by atoms with Crippen LogP contribution in [-0.4, -0.2) is 33.8 Å². The van der Waals surface area contributed by atoms with Crippen molar-refractivity contribution in [1.29, 1.82) is 0 Å². The average Bonchev–Trinajstić information content (AvgIpc) is 3.04. The standard InChI is InChI=1S/C15H18BrN5O/c1-9-3-11(16)5-18-15(9)21-7-12(13(8-21)14(17)22)10-4-19-20(2)6-10/h3-6,12-13H,7-8H2,1-2H3,(H2,17,22)/t12-,13+/m1/s1. The zero-order valence-corrected chi connectivity index (χ0v) is 14.1. The minimum Gasteiger partial charge on any atom is -0.369 e. The summed E-state index contributed by atoms with van der Waals surface area (Å²) < 4.78 is 2.70. The van der Waals surface area contributed by atoms with E-state index in [1.54, 1.807) is 10.9 Å². The van der Waals surface area contributed by atoms with Gasteiger partial charge in [-0.2, -0.15) is 5.10 Å². The molecule has 2 aromatic heterocycles. The predicted molar refractivity (Wildman–Crippen MR) is 87.5 cm³/mol. The van der Waals surface area contributed by atoms with E-state index in [0.717, 1.165) is 28.0 Å². The third-order valence-electron chi connectivity index (χ3n) is 4.16. The van der Waals surface area contributed by atoms with Gasteiger partial charge < -0.3 is 10.6 Å². The maximum absolute atomic E-state index is 11.8. The molecule has 116 valence electrons. The molecule has 1 fully saturated rings. The van der Waals surface area contributed by atoms with Gasteiger partial charge in [-0.1, -0.05) is 0 Å². The second kappa shape index (κ2) is 5.72. The lowest BCUT2D eigenvalue weighted by molar-refractivity contribution is -0.121. The lowest BCUT2D eigenvalue weighted by atomic mass is 9.90. The quantitative estimate of drug-likeness (QED) is 0.898. The molecule has 1 aliphatic rings. The van der Waals surface area contributed by atoms with Crippen LogP contribution in [0.2, 0.25) is 0 Å². The zero-order chi connectivity index (χ0) is 15.9. The van der Waals surface area contributed by atoms with Crippen LogP contribution in [0.4, 0.5) is 5.82 Å². The van der Waals surface area contributed by atoms with E-state index in [4.69, 9.17) is 5.73 Å². The van der Waals surface area contributed by atoms with Crippen LogP contribution in [0.1, 0.15) is 17.0 Å². The van der Waals surface area contributed by atoms with E-state index >= 15 is 0 Å². The molecule has 22 heavy (non-hydrogen) atoms. The molecule has 7 heteroatoms. The Morgan fingerprint density at radius 1 is 1.41 bits per heavy atom. The number of aromatic nitrogens is 3. The second-order valence-corrected chi connectivity index (χ2v) is 6.68. The van der Waals surface area contributed by atoms with Crippen LogP contribution in [0.5, 0.6) is 0 Å². The number of pyridine rings is 1. The molecule has 0 aliphatic carbocycles. The van der Waals surface area contributed by atoms with Crippen molar-refractivity contribution in [3.8, 4) is 0 Å². The Morgan fingerprint density at radius 2 is 2.18 bits per heavy atom. The van der Waals surface area contributed by atoms with Gasteiger partial charge in [0, 0.05) is 42.9 Å². The normalized spacial score (nSPS) is 21.3. The van der Waals surface area contributed by atoms with Crippen molar-refractivity contribution < 1.29 is 4.79 Å². The summed E-state index contributed by atoms with van der Waals surface area (Å²) >= 11 is 3.43. The van der Waals surface area contributed by atoms with Gasteiger partial charge in [0.15, 0.2) is 0 Å². The number of nitrogens with two attached hydrogens (primary N) is 1. The third kappa shape index (κ3) is 2.72. The van der Waals surface area contributed by atoms with Gasteiger partial charge >= 0.3 is 0 Å². The minimum atomic E-state index is -0.272. The van der Waals surface area contributed by atoms with E-state index in [1.807, 2.05) is 32.4 Å². The number of hydrogen-bond acceptors (Lipinski definition) is 4. The van der Waals surface area contributed by atoms with E-state index < -0.39 is 0 Å². The number of aryl methyl sites for hydroxylation is 2. The van der Waals surface area contributed by atoms with E-state index in [-0.39, 0.29) is 17.7 Å². The smallest absolute Gasteiger partial charge is 0.223 e. The Labute approximate surface area is 137 Å². The summed E-state index contributed by atoms with van der Waals surface area (Å²) in [6.07, 6.45) is 5.54. The van der Waals surface area contributed by atoms with Gasteiger partial charge in [-0.25, -0.2) is 4.98 Å². The first-order valence-electron chi connectivity index (χ1n) is 7.10. The van der Waals surface area contributed by atoms with Crippen molar-refractivity contribution in [1.82, 2.24) is 14.8 Å². The van der Waals surface area contributed by atoms with Crippen molar-refractivity contribution in [2.45, 2.75) is 12.8 Å². The molecule has 2 N–H and O–H groups in total. The van der Waals surface area contributed by atoms with Crippen LogP contribution in [0.25, 0.3) is 0 Å². The van der Waals surface area contributed by atoms with Gasteiger partial charge in [-0.05, 0) is 40.0 Å². The average molecular weight is 364 g/mol. The van der Waals surface area contributed by atoms with Gasteiger partial charge in [-0.15, -0.1) is 0 Å². The molecule has 1 saturated heterocycles. The fourth-order valence-corrected chi connectivity index (χ4v) is 3.54. The second-order valence-electron chi connectivity index (χ2n) is 5.76. The molecule has 3 heterocycles. The first-order chi connectivity index (χ1) is 10.5. The van der Waals surface area contributed by atoms with Gasteiger partial charge in [0.25, 0.3) is 0 Å². The summed E-state index contributed by atoms with van der Waals surface area (Å²) in [6, 6.07) is 2.03. The van der Waals surface area contributed by atoms with Crippen LogP contribution in [0.15, 0.2) is 29.1 Å². The first-order valence-corrected chi connectivity index (χ1v) is 7.90. The maximum Gasteiger partial charge on any atom is 0.223 e. The van der Waals surface area contributed by atoms with Crippen molar-refractivity contribution in [3.05, 3.63) is 40.3 Å². The van der Waals surface area contributed by atoms with E-state index in [2.05, 4.69) is 30.9 Å². The molecule has 0 radical (unpaired) electrons. The molecule has 0 bridgehead atoms. The highest BCUT2D eigenvalue weighted by molar-refractivity contribution is 9.10. The lowest BCUT2D eigenvalue weighted by Gasteiger charge is -2.19. The van der Waals surface area contributed by atoms with Crippen molar-refractivity contribution >= 4 is 27.7 Å². The zero-order valence-electron chi connectivity index (χ0n) is 12.5. The molecule has 6 nitrogen and oxygen atoms in total. The summed E-state index contributed by atoms with van der Waals surface area (Å²) in [4.78, 5) is 18.5. The Kier molecular flexibility index (Phi) is 3.90. The highest BCUT2D eigenvalue weighted by Crippen LogP contribution is 2.35. The van der Waals surface area contributed by atoms with Crippen molar-refractivity contribution in [2.24, 2.45) is 18.7 Å². The van der Waals surface area contributed by atoms with Crippen LogP contribution >= 0.6 is 15.9 Å². The molecule has 2 atom stereocenters. The number of carbonyl (C=O) groups excluding carboxylic acids is 1. The number of nitrogens with zero attached hydrogens (tertiary/aromatic N) is 4. The molecule has 3 rings (SSSR count). The lowest BCUT2D eigenvalue weighted by Crippen LogP contribution is -2.29. The Hall–Kier alpha value is -1.89. The number of rotatable bonds is 3.